The van der Waals surface area contributed by atoms with E-state index in [1.807, 2.05) is 6.92 Å². The van der Waals surface area contributed by atoms with Crippen molar-refractivity contribution in [3.05, 3.63) is 56.6 Å². The third-order valence-corrected chi connectivity index (χ3v) is 4.60. The number of aromatic nitrogens is 3. The lowest BCUT2D eigenvalue weighted by Crippen LogP contribution is -2.08. The highest BCUT2D eigenvalue weighted by Crippen LogP contribution is 2.32. The van der Waals surface area contributed by atoms with Gasteiger partial charge in [-0.15, -0.1) is 0 Å². The summed E-state index contributed by atoms with van der Waals surface area (Å²) in [5.74, 6) is 0. The molecule has 3 nitrogen and oxygen atoms in total. The Morgan fingerprint density at radius 3 is 2.50 bits per heavy atom. The molecule has 0 atom stereocenters. The summed E-state index contributed by atoms with van der Waals surface area (Å²) in [4.78, 5) is 10.6. The summed E-state index contributed by atoms with van der Waals surface area (Å²) in [6.45, 7) is 3.42. The molecular formula is C16H12Cl2F3N3. The predicted molar refractivity (Wildman–Crippen MR) is 87.6 cm³/mol. The van der Waals surface area contributed by atoms with E-state index in [9.17, 15) is 13.2 Å². The summed E-state index contributed by atoms with van der Waals surface area (Å²) in [5.41, 5.74) is 1.82. The lowest BCUT2D eigenvalue weighted by Gasteiger charge is -2.07. The zero-order valence-electron chi connectivity index (χ0n) is 12.7. The molecule has 0 aliphatic heterocycles. The van der Waals surface area contributed by atoms with Crippen LogP contribution in [0.1, 0.15) is 28.1 Å². The van der Waals surface area contributed by atoms with E-state index < -0.39 is 11.9 Å². The van der Waals surface area contributed by atoms with Crippen LogP contribution in [0.2, 0.25) is 10.2 Å². The Morgan fingerprint density at radius 2 is 1.83 bits per heavy atom. The van der Waals surface area contributed by atoms with Crippen LogP contribution in [0.25, 0.3) is 11.0 Å². The fourth-order valence-corrected chi connectivity index (χ4v) is 2.98. The minimum Gasteiger partial charge on any atom is -0.343 e. The summed E-state index contributed by atoms with van der Waals surface area (Å²) in [7, 11) is 0. The molecule has 0 aliphatic rings. The van der Waals surface area contributed by atoms with E-state index in [1.54, 1.807) is 19.2 Å². The first-order valence-electron chi connectivity index (χ1n) is 7.02. The first-order chi connectivity index (χ1) is 11.2. The molecular weight excluding hydrogens is 362 g/mol. The van der Waals surface area contributed by atoms with Crippen molar-refractivity contribution in [2.24, 2.45) is 0 Å². The number of H-pyrrole nitrogens is 1. The number of halogens is 5. The zero-order valence-corrected chi connectivity index (χ0v) is 14.2. The first-order valence-corrected chi connectivity index (χ1v) is 7.78. The van der Waals surface area contributed by atoms with Gasteiger partial charge in [-0.1, -0.05) is 23.2 Å². The number of hydrogen-bond donors (Lipinski definition) is 1. The van der Waals surface area contributed by atoms with Gasteiger partial charge in [0.25, 0.3) is 0 Å². The number of fused-ring (bicyclic) bond motifs is 1. The van der Waals surface area contributed by atoms with Gasteiger partial charge in [-0.25, -0.2) is 9.97 Å². The summed E-state index contributed by atoms with van der Waals surface area (Å²) in [6, 6.07) is 2.79. The quantitative estimate of drug-likeness (QED) is 0.603. The van der Waals surface area contributed by atoms with Crippen LogP contribution in [0, 0.1) is 13.8 Å². The van der Waals surface area contributed by atoms with E-state index in [4.69, 9.17) is 23.2 Å². The second-order valence-corrected chi connectivity index (χ2v) is 6.32. The van der Waals surface area contributed by atoms with Crippen LogP contribution in [-0.2, 0) is 12.6 Å². The molecule has 0 spiro atoms. The van der Waals surface area contributed by atoms with Crippen LogP contribution in [0.5, 0.6) is 0 Å². The smallest absolute Gasteiger partial charge is 0.343 e. The van der Waals surface area contributed by atoms with Crippen molar-refractivity contribution in [1.82, 2.24) is 15.0 Å². The maximum atomic E-state index is 12.9. The number of pyridine rings is 2. The van der Waals surface area contributed by atoms with Gasteiger partial charge in [0, 0.05) is 29.3 Å². The molecule has 0 aromatic carbocycles. The van der Waals surface area contributed by atoms with Gasteiger partial charge in [-0.3, -0.25) is 0 Å². The second-order valence-electron chi connectivity index (χ2n) is 5.58. The number of hydrogen-bond acceptors (Lipinski definition) is 2. The maximum absolute atomic E-state index is 12.9. The Morgan fingerprint density at radius 1 is 1.12 bits per heavy atom. The summed E-state index contributed by atoms with van der Waals surface area (Å²) < 4.78 is 38.6. The van der Waals surface area contributed by atoms with E-state index in [1.165, 1.54) is 0 Å². The van der Waals surface area contributed by atoms with E-state index in [0.717, 1.165) is 11.6 Å². The van der Waals surface area contributed by atoms with Crippen molar-refractivity contribution in [2.45, 2.75) is 26.4 Å². The molecule has 3 heterocycles. The summed E-state index contributed by atoms with van der Waals surface area (Å²) >= 11 is 12.4. The number of rotatable bonds is 2. The van der Waals surface area contributed by atoms with Gasteiger partial charge in [-0.05, 0) is 37.1 Å². The second kappa shape index (κ2) is 5.93. The van der Waals surface area contributed by atoms with Crippen molar-refractivity contribution in [3.63, 3.8) is 0 Å². The van der Waals surface area contributed by atoms with Gasteiger partial charge in [0.15, 0.2) is 0 Å². The van der Waals surface area contributed by atoms with E-state index in [-0.39, 0.29) is 10.8 Å². The maximum Gasteiger partial charge on any atom is 0.433 e. The highest BCUT2D eigenvalue weighted by molar-refractivity contribution is 6.35. The molecule has 3 aromatic heterocycles. The molecule has 0 radical (unpaired) electrons. The molecule has 3 aromatic rings. The lowest BCUT2D eigenvalue weighted by molar-refractivity contribution is -0.141. The monoisotopic (exact) mass is 373 g/mol. The van der Waals surface area contributed by atoms with Crippen LogP contribution in [0.4, 0.5) is 13.2 Å². The molecule has 0 fully saturated rings. The van der Waals surface area contributed by atoms with Crippen LogP contribution < -0.4 is 0 Å². The van der Waals surface area contributed by atoms with Gasteiger partial charge < -0.3 is 4.98 Å². The standard InChI is InChI=1S/C16H12Cl2F3N3/c1-7-3-12(16(19,20)21)24-15-10(7)4-9(23-15)5-11-13(17)8(2)6-22-14(11)18/h3-4,6H,5H2,1-2H3,(H,23,24). The predicted octanol–water partition coefficient (Wildman–Crippen LogP) is 5.49. The molecule has 0 saturated carbocycles. The van der Waals surface area contributed by atoms with Crippen LogP contribution in [-0.4, -0.2) is 15.0 Å². The Bertz CT molecular complexity index is 932. The summed E-state index contributed by atoms with van der Waals surface area (Å²) in [5, 5.41) is 1.39. The van der Waals surface area contributed by atoms with Crippen LogP contribution in [0.3, 0.4) is 0 Å². The molecule has 0 saturated heterocycles. The first kappa shape index (κ1) is 17.0. The third-order valence-electron chi connectivity index (χ3n) is 3.75. The van der Waals surface area contributed by atoms with Gasteiger partial charge in [0.2, 0.25) is 0 Å². The van der Waals surface area contributed by atoms with E-state index >= 15 is 0 Å². The SMILES string of the molecule is Cc1cnc(Cl)c(Cc2cc3c(C)cc(C(F)(F)F)nc3[nH]2)c1Cl. The molecule has 126 valence electrons. The zero-order chi connectivity index (χ0) is 17.6. The molecule has 8 heteroatoms. The fraction of sp³-hybridized carbons (Fsp3) is 0.250. The minimum atomic E-state index is -4.49. The number of alkyl halides is 3. The topological polar surface area (TPSA) is 41.6 Å². The molecule has 0 amide bonds. The normalized spacial score (nSPS) is 12.1. The molecule has 0 unspecified atom stereocenters. The Kier molecular flexibility index (Phi) is 4.21. The molecule has 24 heavy (non-hydrogen) atoms. The van der Waals surface area contributed by atoms with Crippen molar-refractivity contribution < 1.29 is 13.2 Å². The molecule has 3 rings (SSSR count). The van der Waals surface area contributed by atoms with Crippen molar-refractivity contribution in [3.8, 4) is 0 Å². The third kappa shape index (κ3) is 3.08. The van der Waals surface area contributed by atoms with Crippen LogP contribution in [0.15, 0.2) is 18.3 Å². The number of aromatic amines is 1. The van der Waals surface area contributed by atoms with Crippen LogP contribution >= 0.6 is 23.2 Å². The van der Waals surface area contributed by atoms with E-state index in [2.05, 4.69) is 15.0 Å². The number of nitrogens with one attached hydrogen (secondary N) is 1. The highest BCUT2D eigenvalue weighted by atomic mass is 35.5. The minimum absolute atomic E-state index is 0.185. The van der Waals surface area contributed by atoms with Gasteiger partial charge >= 0.3 is 6.18 Å². The Balaban J connectivity index is 2.07. The molecule has 1 N–H and O–H groups in total. The van der Waals surface area contributed by atoms with Crippen molar-refractivity contribution in [2.75, 3.05) is 0 Å². The average Bonchev–Trinajstić information content (AvgIpc) is 2.90. The lowest BCUT2D eigenvalue weighted by atomic mass is 10.1. The Hall–Kier alpha value is -1.79. The fourth-order valence-electron chi connectivity index (χ4n) is 2.52. The average molecular weight is 374 g/mol. The molecule has 0 aliphatic carbocycles. The summed E-state index contributed by atoms with van der Waals surface area (Å²) in [6.07, 6.45) is -2.60. The van der Waals surface area contributed by atoms with Gasteiger partial charge in [0.05, 0.1) is 5.02 Å². The number of nitrogens with zero attached hydrogens (tertiary/aromatic N) is 2. The highest BCUT2D eigenvalue weighted by Gasteiger charge is 2.33. The van der Waals surface area contributed by atoms with Gasteiger partial charge in [0.1, 0.15) is 16.5 Å². The van der Waals surface area contributed by atoms with E-state index in [0.29, 0.717) is 33.7 Å². The molecule has 0 bridgehead atoms. The number of aryl methyl sites for hydroxylation is 2. The van der Waals surface area contributed by atoms with Crippen molar-refractivity contribution in [1.29, 1.82) is 0 Å². The van der Waals surface area contributed by atoms with Crippen molar-refractivity contribution >= 4 is 34.2 Å². The largest absolute Gasteiger partial charge is 0.433 e. The Labute approximate surface area is 145 Å². The van der Waals surface area contributed by atoms with Gasteiger partial charge in [-0.2, -0.15) is 13.2 Å².